The minimum atomic E-state index is -3.00. The summed E-state index contributed by atoms with van der Waals surface area (Å²) < 4.78 is 28.7. The van der Waals surface area contributed by atoms with Gasteiger partial charge in [-0.3, -0.25) is 0 Å². The number of hydrogen-bond donors (Lipinski definition) is 1. The van der Waals surface area contributed by atoms with Crippen LogP contribution in [-0.2, 0) is 9.84 Å². The van der Waals surface area contributed by atoms with Gasteiger partial charge in [0.05, 0.1) is 18.1 Å². The summed E-state index contributed by atoms with van der Waals surface area (Å²) in [6, 6.07) is 7.25. The Balaban J connectivity index is 1.78. The van der Waals surface area contributed by atoms with Gasteiger partial charge in [0.1, 0.15) is 12.4 Å². The van der Waals surface area contributed by atoms with E-state index in [0.29, 0.717) is 26.1 Å². The third-order valence-electron chi connectivity index (χ3n) is 3.98. The number of sulfone groups is 1. The first-order valence-electron chi connectivity index (χ1n) is 7.86. The summed E-state index contributed by atoms with van der Waals surface area (Å²) in [4.78, 5) is 13.8. The molecule has 7 heteroatoms. The van der Waals surface area contributed by atoms with Gasteiger partial charge in [-0.2, -0.15) is 0 Å². The molecular formula is C16H24N2O4S. The van der Waals surface area contributed by atoms with E-state index in [0.717, 1.165) is 11.3 Å². The van der Waals surface area contributed by atoms with Crippen molar-refractivity contribution in [3.05, 3.63) is 29.8 Å². The van der Waals surface area contributed by atoms with Gasteiger partial charge in [0.2, 0.25) is 0 Å². The van der Waals surface area contributed by atoms with Crippen LogP contribution in [-0.4, -0.2) is 56.6 Å². The zero-order valence-electron chi connectivity index (χ0n) is 13.6. The van der Waals surface area contributed by atoms with E-state index < -0.39 is 9.84 Å². The molecule has 0 saturated carbocycles. The maximum atomic E-state index is 12.2. The Morgan fingerprint density at radius 2 is 2.13 bits per heavy atom. The maximum absolute atomic E-state index is 12.2. The number of carbonyl (C=O) groups is 1. The molecule has 1 aromatic rings. The van der Waals surface area contributed by atoms with Crippen molar-refractivity contribution in [3.63, 3.8) is 0 Å². The number of nitrogens with zero attached hydrogens (tertiary/aromatic N) is 1. The third-order valence-corrected chi connectivity index (χ3v) is 5.73. The van der Waals surface area contributed by atoms with Crippen molar-refractivity contribution in [1.29, 1.82) is 0 Å². The molecule has 1 aliphatic rings. The second-order valence-electron chi connectivity index (χ2n) is 5.69. The van der Waals surface area contributed by atoms with E-state index in [1.807, 2.05) is 38.1 Å². The van der Waals surface area contributed by atoms with Gasteiger partial charge in [0, 0.05) is 12.6 Å². The molecule has 23 heavy (non-hydrogen) atoms. The highest BCUT2D eigenvalue weighted by molar-refractivity contribution is 7.91. The fourth-order valence-corrected chi connectivity index (χ4v) is 4.46. The smallest absolute Gasteiger partial charge is 0.317 e. The van der Waals surface area contributed by atoms with E-state index in [9.17, 15) is 13.2 Å². The Bertz CT molecular complexity index is 645. The lowest BCUT2D eigenvalue weighted by Crippen LogP contribution is -2.47. The van der Waals surface area contributed by atoms with E-state index in [4.69, 9.17) is 4.74 Å². The summed E-state index contributed by atoms with van der Waals surface area (Å²) in [6.45, 7) is 5.06. The number of benzene rings is 1. The summed E-state index contributed by atoms with van der Waals surface area (Å²) in [7, 11) is -3.00. The Labute approximate surface area is 137 Å². The Morgan fingerprint density at radius 3 is 2.74 bits per heavy atom. The van der Waals surface area contributed by atoms with Crippen molar-refractivity contribution < 1.29 is 17.9 Å². The summed E-state index contributed by atoms with van der Waals surface area (Å²) in [5.74, 6) is 1.03. The lowest BCUT2D eigenvalue weighted by Gasteiger charge is -2.27. The number of amides is 2. The van der Waals surface area contributed by atoms with Crippen LogP contribution < -0.4 is 10.1 Å². The average Bonchev–Trinajstić information content (AvgIpc) is 2.86. The largest absolute Gasteiger partial charge is 0.491 e. The number of rotatable bonds is 6. The Hall–Kier alpha value is -1.76. The van der Waals surface area contributed by atoms with Crippen LogP contribution in [0.4, 0.5) is 4.79 Å². The normalized spacial score (nSPS) is 19.3. The molecule has 1 aliphatic heterocycles. The molecule has 0 aliphatic carbocycles. The second kappa shape index (κ2) is 7.68. The van der Waals surface area contributed by atoms with Crippen LogP contribution in [0.5, 0.6) is 5.75 Å². The third kappa shape index (κ3) is 4.86. The first kappa shape index (κ1) is 17.6. The van der Waals surface area contributed by atoms with Gasteiger partial charge >= 0.3 is 6.03 Å². The lowest BCUT2D eigenvalue weighted by atomic mass is 10.2. The van der Waals surface area contributed by atoms with Crippen molar-refractivity contribution in [2.75, 3.05) is 31.2 Å². The molecule has 0 spiro atoms. The molecule has 1 aromatic carbocycles. The standard InChI is InChI=1S/C16H24N2O4S/c1-3-18(14-8-11-23(20,21)12-14)16(19)17-9-10-22-15-7-5-4-6-13(15)2/h4-7,14H,3,8-12H2,1-2H3,(H,17,19). The molecule has 1 unspecified atom stereocenters. The monoisotopic (exact) mass is 340 g/mol. The van der Waals surface area contributed by atoms with Crippen molar-refractivity contribution in [1.82, 2.24) is 10.2 Å². The summed E-state index contributed by atoms with van der Waals surface area (Å²) in [6.07, 6.45) is 0.517. The van der Waals surface area contributed by atoms with Gasteiger partial charge in [-0.25, -0.2) is 13.2 Å². The molecular weight excluding hydrogens is 316 g/mol. The van der Waals surface area contributed by atoms with Crippen LogP contribution >= 0.6 is 0 Å². The molecule has 1 heterocycles. The number of carbonyl (C=O) groups excluding carboxylic acids is 1. The van der Waals surface area contributed by atoms with Gasteiger partial charge in [-0.15, -0.1) is 0 Å². The predicted octanol–water partition coefficient (Wildman–Crippen LogP) is 1.59. The van der Waals surface area contributed by atoms with Crippen LogP contribution in [0, 0.1) is 6.92 Å². The fourth-order valence-electron chi connectivity index (χ4n) is 2.73. The summed E-state index contributed by atoms with van der Waals surface area (Å²) in [5.41, 5.74) is 1.05. The number of aryl methyl sites for hydroxylation is 1. The molecule has 1 N–H and O–H groups in total. The number of urea groups is 1. The molecule has 0 aromatic heterocycles. The highest BCUT2D eigenvalue weighted by Gasteiger charge is 2.33. The topological polar surface area (TPSA) is 75.7 Å². The molecule has 0 bridgehead atoms. The maximum Gasteiger partial charge on any atom is 0.317 e. The molecule has 6 nitrogen and oxygen atoms in total. The molecule has 1 fully saturated rings. The van der Waals surface area contributed by atoms with E-state index >= 15 is 0 Å². The van der Waals surface area contributed by atoms with E-state index in [2.05, 4.69) is 5.32 Å². The van der Waals surface area contributed by atoms with Gasteiger partial charge in [-0.05, 0) is 31.9 Å². The zero-order valence-corrected chi connectivity index (χ0v) is 14.4. The van der Waals surface area contributed by atoms with Crippen LogP contribution in [0.1, 0.15) is 18.9 Å². The van der Waals surface area contributed by atoms with Crippen LogP contribution in [0.2, 0.25) is 0 Å². The van der Waals surface area contributed by atoms with Crippen LogP contribution in [0.3, 0.4) is 0 Å². The highest BCUT2D eigenvalue weighted by atomic mass is 32.2. The van der Waals surface area contributed by atoms with Crippen molar-refractivity contribution in [2.45, 2.75) is 26.3 Å². The van der Waals surface area contributed by atoms with Crippen molar-refractivity contribution >= 4 is 15.9 Å². The Morgan fingerprint density at radius 1 is 1.39 bits per heavy atom. The minimum absolute atomic E-state index is 0.0635. The molecule has 0 radical (unpaired) electrons. The van der Waals surface area contributed by atoms with Crippen LogP contribution in [0.25, 0.3) is 0 Å². The number of nitrogens with one attached hydrogen (secondary N) is 1. The molecule has 1 saturated heterocycles. The second-order valence-corrected chi connectivity index (χ2v) is 7.92. The fraction of sp³-hybridized carbons (Fsp3) is 0.562. The minimum Gasteiger partial charge on any atom is -0.491 e. The first-order chi connectivity index (χ1) is 10.9. The number of hydrogen-bond acceptors (Lipinski definition) is 4. The molecule has 1 atom stereocenters. The van der Waals surface area contributed by atoms with Crippen LogP contribution in [0.15, 0.2) is 24.3 Å². The SMILES string of the molecule is CCN(C(=O)NCCOc1ccccc1C)C1CCS(=O)(=O)C1. The molecule has 2 rings (SSSR count). The zero-order chi connectivity index (χ0) is 16.9. The number of ether oxygens (including phenoxy) is 1. The molecule has 128 valence electrons. The highest BCUT2D eigenvalue weighted by Crippen LogP contribution is 2.18. The first-order valence-corrected chi connectivity index (χ1v) is 9.68. The van der Waals surface area contributed by atoms with Gasteiger partial charge < -0.3 is 15.0 Å². The molecule has 2 amide bonds. The van der Waals surface area contributed by atoms with E-state index in [1.165, 1.54) is 0 Å². The average molecular weight is 340 g/mol. The van der Waals surface area contributed by atoms with Gasteiger partial charge in [0.15, 0.2) is 9.84 Å². The van der Waals surface area contributed by atoms with Gasteiger partial charge in [-0.1, -0.05) is 18.2 Å². The quantitative estimate of drug-likeness (QED) is 0.798. The summed E-state index contributed by atoms with van der Waals surface area (Å²) in [5, 5.41) is 2.79. The van der Waals surface area contributed by atoms with Crippen molar-refractivity contribution in [2.24, 2.45) is 0 Å². The van der Waals surface area contributed by atoms with E-state index in [-0.39, 0.29) is 23.6 Å². The van der Waals surface area contributed by atoms with Gasteiger partial charge in [0.25, 0.3) is 0 Å². The van der Waals surface area contributed by atoms with Crippen molar-refractivity contribution in [3.8, 4) is 5.75 Å². The lowest BCUT2D eigenvalue weighted by molar-refractivity contribution is 0.181. The number of para-hydroxylation sites is 1. The summed E-state index contributed by atoms with van der Waals surface area (Å²) >= 11 is 0. The Kier molecular flexibility index (Phi) is 5.87. The predicted molar refractivity (Wildman–Crippen MR) is 89.5 cm³/mol. The van der Waals surface area contributed by atoms with E-state index in [1.54, 1.807) is 4.90 Å².